The lowest BCUT2D eigenvalue weighted by molar-refractivity contribution is 0.0753. The van der Waals surface area contributed by atoms with Crippen molar-refractivity contribution in [3.8, 4) is 0 Å². The van der Waals surface area contributed by atoms with Crippen LogP contribution in [0.3, 0.4) is 0 Å². The highest BCUT2D eigenvalue weighted by atomic mass is 16.3. The van der Waals surface area contributed by atoms with E-state index in [2.05, 4.69) is 4.98 Å². The van der Waals surface area contributed by atoms with Crippen molar-refractivity contribution in [2.24, 2.45) is 11.8 Å². The molecule has 3 rings (SSSR count). The van der Waals surface area contributed by atoms with Crippen LogP contribution in [-0.2, 0) is 0 Å². The van der Waals surface area contributed by atoms with Crippen LogP contribution in [0, 0.1) is 11.8 Å². The Kier molecular flexibility index (Phi) is 2.70. The fourth-order valence-electron chi connectivity index (χ4n) is 3.16. The van der Waals surface area contributed by atoms with Gasteiger partial charge in [0.25, 0.3) is 5.91 Å². The minimum absolute atomic E-state index is 0.0674. The molecule has 1 amide bonds. The third-order valence-electron chi connectivity index (χ3n) is 4.19. The number of nitrogens with two attached hydrogens (primary N) is 1. The molecule has 5 nitrogen and oxygen atoms in total. The second-order valence-electron chi connectivity index (χ2n) is 5.24. The molecule has 1 aliphatic carbocycles. The van der Waals surface area contributed by atoms with Crippen molar-refractivity contribution in [3.63, 3.8) is 0 Å². The molecule has 96 valence electrons. The van der Waals surface area contributed by atoms with Crippen LogP contribution in [0.15, 0.2) is 18.5 Å². The predicted octanol–water partition coefficient (Wildman–Crippen LogP) is 0.507. The van der Waals surface area contributed by atoms with Crippen LogP contribution >= 0.6 is 0 Å². The molecule has 2 fully saturated rings. The number of carbonyl (C=O) groups excluding carboxylic acids is 1. The van der Waals surface area contributed by atoms with E-state index >= 15 is 0 Å². The van der Waals surface area contributed by atoms with Crippen LogP contribution < -0.4 is 5.73 Å². The van der Waals surface area contributed by atoms with Crippen molar-refractivity contribution in [2.75, 3.05) is 18.8 Å². The number of likely N-dealkylation sites (tertiary alicyclic amines) is 1. The van der Waals surface area contributed by atoms with Crippen molar-refractivity contribution in [2.45, 2.75) is 18.9 Å². The number of hydrogen-bond acceptors (Lipinski definition) is 4. The fraction of sp³-hybridized carbons (Fsp3) is 0.538. The SMILES string of the molecule is Nc1ccncc1C(=O)N1CC2CCC(O)C2C1. The Labute approximate surface area is 106 Å². The monoisotopic (exact) mass is 247 g/mol. The van der Waals surface area contributed by atoms with E-state index in [1.165, 1.54) is 6.20 Å². The van der Waals surface area contributed by atoms with Gasteiger partial charge in [0.05, 0.1) is 11.7 Å². The van der Waals surface area contributed by atoms with Gasteiger partial charge in [-0.05, 0) is 24.8 Å². The van der Waals surface area contributed by atoms with Gasteiger partial charge in [-0.15, -0.1) is 0 Å². The quantitative estimate of drug-likeness (QED) is 0.757. The summed E-state index contributed by atoms with van der Waals surface area (Å²) in [6.45, 7) is 1.37. The summed E-state index contributed by atoms with van der Waals surface area (Å²) in [7, 11) is 0. The van der Waals surface area contributed by atoms with Gasteiger partial charge in [-0.2, -0.15) is 0 Å². The summed E-state index contributed by atoms with van der Waals surface area (Å²) in [5, 5.41) is 9.85. The maximum absolute atomic E-state index is 12.3. The van der Waals surface area contributed by atoms with Crippen molar-refractivity contribution in [1.82, 2.24) is 9.88 Å². The first-order chi connectivity index (χ1) is 8.66. The molecule has 1 aromatic heterocycles. The number of anilines is 1. The van der Waals surface area contributed by atoms with Gasteiger partial charge < -0.3 is 15.7 Å². The number of nitrogens with zero attached hydrogens (tertiary/aromatic N) is 2. The molecular formula is C13H17N3O2. The number of pyridine rings is 1. The molecule has 3 atom stereocenters. The van der Waals surface area contributed by atoms with Crippen LogP contribution in [0.5, 0.6) is 0 Å². The number of aromatic nitrogens is 1. The van der Waals surface area contributed by atoms with Crippen LogP contribution in [-0.4, -0.2) is 40.1 Å². The number of rotatable bonds is 1. The lowest BCUT2D eigenvalue weighted by Gasteiger charge is -2.19. The summed E-state index contributed by atoms with van der Waals surface area (Å²) in [4.78, 5) is 18.1. The summed E-state index contributed by atoms with van der Waals surface area (Å²) < 4.78 is 0. The highest BCUT2D eigenvalue weighted by Crippen LogP contribution is 2.38. The second kappa shape index (κ2) is 4.24. The number of aliphatic hydroxyl groups is 1. The van der Waals surface area contributed by atoms with E-state index in [-0.39, 0.29) is 17.9 Å². The van der Waals surface area contributed by atoms with Crippen molar-refractivity contribution in [3.05, 3.63) is 24.0 Å². The zero-order valence-corrected chi connectivity index (χ0v) is 10.1. The summed E-state index contributed by atoms with van der Waals surface area (Å²) in [6.07, 6.45) is 4.72. The summed E-state index contributed by atoms with van der Waals surface area (Å²) in [5.74, 6) is 0.621. The van der Waals surface area contributed by atoms with E-state index in [0.717, 1.165) is 19.4 Å². The first-order valence-electron chi connectivity index (χ1n) is 6.33. The van der Waals surface area contributed by atoms with Gasteiger partial charge in [-0.3, -0.25) is 9.78 Å². The first kappa shape index (κ1) is 11.5. The van der Waals surface area contributed by atoms with Crippen LogP contribution in [0.1, 0.15) is 23.2 Å². The number of hydrogen-bond donors (Lipinski definition) is 2. The largest absolute Gasteiger partial charge is 0.398 e. The zero-order chi connectivity index (χ0) is 12.7. The van der Waals surface area contributed by atoms with Gasteiger partial charge in [0.2, 0.25) is 0 Å². The van der Waals surface area contributed by atoms with E-state index < -0.39 is 0 Å². The lowest BCUT2D eigenvalue weighted by atomic mass is 10.00. The molecule has 0 spiro atoms. The molecule has 1 saturated heterocycles. The molecule has 5 heteroatoms. The molecule has 0 bridgehead atoms. The highest BCUT2D eigenvalue weighted by molar-refractivity contribution is 5.98. The number of amides is 1. The average Bonchev–Trinajstić information content (AvgIpc) is 2.92. The maximum Gasteiger partial charge on any atom is 0.257 e. The lowest BCUT2D eigenvalue weighted by Crippen LogP contribution is -2.31. The van der Waals surface area contributed by atoms with E-state index in [4.69, 9.17) is 5.73 Å². The van der Waals surface area contributed by atoms with Crippen LogP contribution in [0.25, 0.3) is 0 Å². The Balaban J connectivity index is 1.78. The number of nitrogen functional groups attached to an aromatic ring is 1. The predicted molar refractivity (Wildman–Crippen MR) is 66.8 cm³/mol. The molecule has 3 unspecified atom stereocenters. The molecule has 3 N–H and O–H groups in total. The zero-order valence-electron chi connectivity index (χ0n) is 10.1. The Bertz CT molecular complexity index is 477. The summed E-state index contributed by atoms with van der Waals surface area (Å²) in [6, 6.07) is 1.64. The third-order valence-corrected chi connectivity index (χ3v) is 4.19. The number of carbonyl (C=O) groups is 1. The third kappa shape index (κ3) is 1.75. The standard InChI is InChI=1S/C13H17N3O2/c14-11-3-4-15-5-9(11)13(18)16-6-8-1-2-12(17)10(8)7-16/h3-5,8,10,12,17H,1-2,6-7H2,(H2,14,15). The minimum atomic E-state index is -0.251. The fourth-order valence-corrected chi connectivity index (χ4v) is 3.16. The minimum Gasteiger partial charge on any atom is -0.398 e. The highest BCUT2D eigenvalue weighted by Gasteiger charge is 2.43. The van der Waals surface area contributed by atoms with Gasteiger partial charge >= 0.3 is 0 Å². The smallest absolute Gasteiger partial charge is 0.257 e. The molecule has 1 aliphatic heterocycles. The van der Waals surface area contributed by atoms with Gasteiger partial charge in [-0.1, -0.05) is 0 Å². The molecule has 1 saturated carbocycles. The summed E-state index contributed by atoms with van der Waals surface area (Å²) >= 11 is 0. The van der Waals surface area contributed by atoms with E-state index in [1.807, 2.05) is 0 Å². The normalized spacial score (nSPS) is 30.5. The molecular weight excluding hydrogens is 230 g/mol. The van der Waals surface area contributed by atoms with E-state index in [0.29, 0.717) is 23.7 Å². The molecule has 1 aromatic rings. The van der Waals surface area contributed by atoms with Gasteiger partial charge in [0, 0.05) is 37.1 Å². The molecule has 0 aromatic carbocycles. The first-order valence-corrected chi connectivity index (χ1v) is 6.33. The molecule has 0 radical (unpaired) electrons. The van der Waals surface area contributed by atoms with Crippen molar-refractivity contribution in [1.29, 1.82) is 0 Å². The Morgan fingerprint density at radius 3 is 3.00 bits per heavy atom. The Hall–Kier alpha value is -1.62. The van der Waals surface area contributed by atoms with E-state index in [9.17, 15) is 9.90 Å². The van der Waals surface area contributed by atoms with Gasteiger partial charge in [-0.25, -0.2) is 0 Å². The Morgan fingerprint density at radius 2 is 2.28 bits per heavy atom. The van der Waals surface area contributed by atoms with Crippen LogP contribution in [0.4, 0.5) is 5.69 Å². The molecule has 2 heterocycles. The van der Waals surface area contributed by atoms with Crippen molar-refractivity contribution < 1.29 is 9.90 Å². The number of fused-ring (bicyclic) bond motifs is 1. The molecule has 2 aliphatic rings. The van der Waals surface area contributed by atoms with Gasteiger partial charge in [0.1, 0.15) is 0 Å². The van der Waals surface area contributed by atoms with Gasteiger partial charge in [0.15, 0.2) is 0 Å². The Morgan fingerprint density at radius 1 is 1.44 bits per heavy atom. The van der Waals surface area contributed by atoms with Crippen LogP contribution in [0.2, 0.25) is 0 Å². The topological polar surface area (TPSA) is 79.5 Å². The average molecular weight is 247 g/mol. The summed E-state index contributed by atoms with van der Waals surface area (Å²) in [5.41, 5.74) is 6.73. The number of aliphatic hydroxyl groups excluding tert-OH is 1. The molecule has 18 heavy (non-hydrogen) atoms. The van der Waals surface area contributed by atoms with Crippen molar-refractivity contribution >= 4 is 11.6 Å². The maximum atomic E-state index is 12.3. The second-order valence-corrected chi connectivity index (χ2v) is 5.24. The van der Waals surface area contributed by atoms with E-state index in [1.54, 1.807) is 17.2 Å².